The van der Waals surface area contributed by atoms with Crippen molar-refractivity contribution in [2.24, 2.45) is 0 Å². The average molecular weight is 152 g/mol. The summed E-state index contributed by atoms with van der Waals surface area (Å²) >= 11 is 0. The molecule has 1 aliphatic rings. The second-order valence-electron chi connectivity index (χ2n) is 2.82. The fraction of sp³-hybridized carbons (Fsp3) is 0.500. The Kier molecular flexibility index (Phi) is 1.68. The zero-order valence-electron chi connectivity index (χ0n) is 6.33. The van der Waals surface area contributed by atoms with E-state index in [2.05, 4.69) is 16.1 Å². The van der Waals surface area contributed by atoms with E-state index >= 15 is 0 Å². The average Bonchev–Trinajstić information content (AvgIpc) is 2.50. The van der Waals surface area contributed by atoms with Gasteiger partial charge in [0.25, 0.3) is 0 Å². The molecule has 1 atom stereocenters. The Morgan fingerprint density at radius 2 is 2.64 bits per heavy atom. The number of hydrogen-bond acceptors (Lipinski definition) is 2. The molecule has 1 aliphatic heterocycles. The molecular formula is C8H12N2O. The van der Waals surface area contributed by atoms with Crippen molar-refractivity contribution in [1.29, 1.82) is 0 Å². The molecule has 0 spiro atoms. The summed E-state index contributed by atoms with van der Waals surface area (Å²) in [6.45, 7) is 2.15. The van der Waals surface area contributed by atoms with Crippen molar-refractivity contribution >= 4 is 0 Å². The maximum Gasteiger partial charge on any atom is 0.0710 e. The first kappa shape index (κ1) is 6.88. The monoisotopic (exact) mass is 152 g/mol. The van der Waals surface area contributed by atoms with Crippen molar-refractivity contribution in [3.63, 3.8) is 0 Å². The van der Waals surface area contributed by atoms with E-state index in [0.29, 0.717) is 0 Å². The maximum atomic E-state index is 8.98. The fourth-order valence-electron chi connectivity index (χ4n) is 1.57. The minimum atomic E-state index is 0.138. The second-order valence-corrected chi connectivity index (χ2v) is 2.82. The third-order valence-electron chi connectivity index (χ3n) is 2.15. The minimum Gasteiger partial charge on any atom is -0.394 e. The van der Waals surface area contributed by atoms with Crippen LogP contribution < -0.4 is 5.32 Å². The smallest absolute Gasteiger partial charge is 0.0710 e. The molecule has 60 valence electrons. The van der Waals surface area contributed by atoms with E-state index in [-0.39, 0.29) is 12.6 Å². The van der Waals surface area contributed by atoms with Crippen LogP contribution >= 0.6 is 0 Å². The molecule has 3 nitrogen and oxygen atoms in total. The van der Waals surface area contributed by atoms with Gasteiger partial charge in [-0.25, -0.2) is 0 Å². The molecule has 0 radical (unpaired) electrons. The van der Waals surface area contributed by atoms with Gasteiger partial charge in [0.05, 0.1) is 12.6 Å². The van der Waals surface area contributed by atoms with Crippen LogP contribution in [0.1, 0.15) is 11.7 Å². The summed E-state index contributed by atoms with van der Waals surface area (Å²) in [6.07, 6.45) is 2.05. The van der Waals surface area contributed by atoms with Crippen LogP contribution in [-0.4, -0.2) is 22.8 Å². The van der Waals surface area contributed by atoms with Crippen LogP contribution in [0.3, 0.4) is 0 Å². The number of aromatic nitrogens is 1. The molecule has 0 unspecified atom stereocenters. The Bertz CT molecular complexity index is 244. The standard InChI is InChI=1S/C8H12N2O/c11-6-7-8-2-1-4-10(8)5-3-9-7/h1-2,4,7,9,11H,3,5-6H2/t7-/m0/s1. The number of rotatable bonds is 1. The molecule has 0 bridgehead atoms. The van der Waals surface area contributed by atoms with Gasteiger partial charge in [-0.15, -0.1) is 0 Å². The van der Waals surface area contributed by atoms with Gasteiger partial charge in [0.15, 0.2) is 0 Å². The van der Waals surface area contributed by atoms with Gasteiger partial charge in [-0.1, -0.05) is 0 Å². The SMILES string of the molecule is OC[C@@H]1NCCn2cccc21. The summed E-state index contributed by atoms with van der Waals surface area (Å²) in [5, 5.41) is 12.2. The van der Waals surface area contributed by atoms with Crippen LogP contribution in [0.5, 0.6) is 0 Å². The predicted molar refractivity (Wildman–Crippen MR) is 42.3 cm³/mol. The van der Waals surface area contributed by atoms with Crippen LogP contribution in [0, 0.1) is 0 Å². The van der Waals surface area contributed by atoms with Gasteiger partial charge in [0.1, 0.15) is 0 Å². The number of hydrogen-bond donors (Lipinski definition) is 2. The number of nitrogens with one attached hydrogen (secondary N) is 1. The van der Waals surface area contributed by atoms with Gasteiger partial charge in [0.2, 0.25) is 0 Å². The van der Waals surface area contributed by atoms with Crippen molar-refractivity contribution in [3.8, 4) is 0 Å². The van der Waals surface area contributed by atoms with Gasteiger partial charge < -0.3 is 15.0 Å². The van der Waals surface area contributed by atoms with Crippen LogP contribution in [-0.2, 0) is 6.54 Å². The molecule has 0 aliphatic carbocycles. The lowest BCUT2D eigenvalue weighted by Crippen LogP contribution is -2.34. The Balaban J connectivity index is 2.32. The molecule has 2 rings (SSSR count). The Morgan fingerprint density at radius 3 is 3.45 bits per heavy atom. The molecule has 0 saturated heterocycles. The fourth-order valence-corrected chi connectivity index (χ4v) is 1.57. The zero-order valence-corrected chi connectivity index (χ0v) is 6.33. The third kappa shape index (κ3) is 1.06. The Morgan fingerprint density at radius 1 is 1.73 bits per heavy atom. The van der Waals surface area contributed by atoms with E-state index in [1.165, 1.54) is 5.69 Å². The number of fused-ring (bicyclic) bond motifs is 1. The highest BCUT2D eigenvalue weighted by Gasteiger charge is 2.17. The van der Waals surface area contributed by atoms with E-state index in [1.54, 1.807) is 0 Å². The third-order valence-corrected chi connectivity index (χ3v) is 2.15. The molecule has 11 heavy (non-hydrogen) atoms. The summed E-state index contributed by atoms with van der Waals surface area (Å²) in [4.78, 5) is 0. The van der Waals surface area contributed by atoms with Gasteiger partial charge in [-0.3, -0.25) is 0 Å². The predicted octanol–water partition coefficient (Wildman–Crippen LogP) is 0.125. The van der Waals surface area contributed by atoms with E-state index in [1.807, 2.05) is 12.1 Å². The Labute approximate surface area is 65.6 Å². The van der Waals surface area contributed by atoms with Crippen LogP contribution in [0.25, 0.3) is 0 Å². The maximum absolute atomic E-state index is 8.98. The molecule has 2 heterocycles. The largest absolute Gasteiger partial charge is 0.394 e. The van der Waals surface area contributed by atoms with Crippen molar-refractivity contribution in [3.05, 3.63) is 24.0 Å². The van der Waals surface area contributed by atoms with Crippen molar-refractivity contribution in [1.82, 2.24) is 9.88 Å². The van der Waals surface area contributed by atoms with Crippen LogP contribution in [0.15, 0.2) is 18.3 Å². The van der Waals surface area contributed by atoms with Crippen molar-refractivity contribution in [2.75, 3.05) is 13.2 Å². The lowest BCUT2D eigenvalue weighted by atomic mass is 10.2. The first-order valence-electron chi connectivity index (χ1n) is 3.91. The summed E-state index contributed by atoms with van der Waals surface area (Å²) < 4.78 is 2.18. The highest BCUT2D eigenvalue weighted by Crippen LogP contribution is 2.16. The summed E-state index contributed by atoms with van der Waals surface area (Å²) in [7, 11) is 0. The van der Waals surface area contributed by atoms with Crippen molar-refractivity contribution < 1.29 is 5.11 Å². The number of aliphatic hydroxyl groups excluding tert-OH is 1. The topological polar surface area (TPSA) is 37.2 Å². The normalized spacial score (nSPS) is 23.2. The van der Waals surface area contributed by atoms with Gasteiger partial charge in [-0.2, -0.15) is 0 Å². The molecule has 1 aromatic rings. The quantitative estimate of drug-likeness (QED) is 0.600. The van der Waals surface area contributed by atoms with Crippen LogP contribution in [0.2, 0.25) is 0 Å². The minimum absolute atomic E-state index is 0.138. The first-order valence-corrected chi connectivity index (χ1v) is 3.91. The molecule has 0 fully saturated rings. The molecule has 3 heteroatoms. The lowest BCUT2D eigenvalue weighted by Gasteiger charge is -2.24. The Hall–Kier alpha value is -0.800. The molecular weight excluding hydrogens is 140 g/mol. The van der Waals surface area contributed by atoms with E-state index in [4.69, 9.17) is 5.11 Å². The molecule has 0 amide bonds. The van der Waals surface area contributed by atoms with Gasteiger partial charge >= 0.3 is 0 Å². The van der Waals surface area contributed by atoms with E-state index in [9.17, 15) is 0 Å². The van der Waals surface area contributed by atoms with E-state index < -0.39 is 0 Å². The highest BCUT2D eigenvalue weighted by atomic mass is 16.3. The molecule has 1 aromatic heterocycles. The molecule has 0 saturated carbocycles. The van der Waals surface area contributed by atoms with Gasteiger partial charge in [0, 0.05) is 25.0 Å². The first-order chi connectivity index (χ1) is 5.42. The van der Waals surface area contributed by atoms with Gasteiger partial charge in [-0.05, 0) is 12.1 Å². The van der Waals surface area contributed by atoms with E-state index in [0.717, 1.165) is 13.1 Å². The van der Waals surface area contributed by atoms with Crippen LogP contribution in [0.4, 0.5) is 0 Å². The number of nitrogens with zero attached hydrogens (tertiary/aromatic N) is 1. The molecule has 2 N–H and O–H groups in total. The second kappa shape index (κ2) is 2.68. The lowest BCUT2D eigenvalue weighted by molar-refractivity contribution is 0.227. The molecule has 0 aromatic carbocycles. The summed E-state index contributed by atoms with van der Waals surface area (Å²) in [6, 6.07) is 4.21. The summed E-state index contributed by atoms with van der Waals surface area (Å²) in [5.41, 5.74) is 1.19. The highest BCUT2D eigenvalue weighted by molar-refractivity contribution is 5.13. The summed E-state index contributed by atoms with van der Waals surface area (Å²) in [5.74, 6) is 0. The van der Waals surface area contributed by atoms with Crippen molar-refractivity contribution in [2.45, 2.75) is 12.6 Å². The zero-order chi connectivity index (χ0) is 7.68. The number of aliphatic hydroxyl groups is 1.